The lowest BCUT2D eigenvalue weighted by Crippen LogP contribution is -2.44. The number of hydrogen-bond donors (Lipinski definition) is 3. The molecule has 3 atom stereocenters. The minimum atomic E-state index is -0.197. The molecule has 1 amide bonds. The van der Waals surface area contributed by atoms with Gasteiger partial charge in [0.25, 0.3) is 0 Å². The Morgan fingerprint density at radius 2 is 2.17 bits per heavy atom. The van der Waals surface area contributed by atoms with E-state index < -0.39 is 0 Å². The number of nitrogens with zero attached hydrogens (tertiary/aromatic N) is 2. The van der Waals surface area contributed by atoms with E-state index in [1.807, 2.05) is 31.3 Å². The van der Waals surface area contributed by atoms with Crippen molar-refractivity contribution >= 4 is 5.91 Å². The van der Waals surface area contributed by atoms with Gasteiger partial charge in [-0.3, -0.25) is 4.79 Å². The molecule has 0 radical (unpaired) electrons. The summed E-state index contributed by atoms with van der Waals surface area (Å²) in [5.74, 6) is 1.40. The monoisotopic (exact) mass is 327 g/mol. The third-order valence-corrected chi connectivity index (χ3v) is 4.48. The summed E-state index contributed by atoms with van der Waals surface area (Å²) < 4.78 is 2.11. The molecule has 0 spiro atoms. The second kappa shape index (κ2) is 7.59. The third kappa shape index (κ3) is 4.01. The van der Waals surface area contributed by atoms with Crippen molar-refractivity contribution in [2.24, 2.45) is 5.92 Å². The van der Waals surface area contributed by atoms with Crippen LogP contribution in [0.15, 0.2) is 42.7 Å². The standard InChI is InChI=1S/C18H25N5O/c1-13(12-23-9-8-19-14(23)2)11-20-18(24)17-10-16(21-22-17)15-6-4-3-5-7-15/h3-9,13,16-17,21-22H,10-12H2,1-2H3,(H,20,24). The first kappa shape index (κ1) is 16.7. The normalized spacial score (nSPS) is 21.6. The molecular formula is C18H25N5O. The van der Waals surface area contributed by atoms with Crippen molar-refractivity contribution < 1.29 is 4.79 Å². The van der Waals surface area contributed by atoms with E-state index in [0.29, 0.717) is 12.5 Å². The Balaban J connectivity index is 1.45. The van der Waals surface area contributed by atoms with Gasteiger partial charge in [-0.1, -0.05) is 37.3 Å². The van der Waals surface area contributed by atoms with Gasteiger partial charge in [-0.25, -0.2) is 15.8 Å². The van der Waals surface area contributed by atoms with E-state index in [1.165, 1.54) is 5.56 Å². The van der Waals surface area contributed by atoms with Crippen LogP contribution in [-0.2, 0) is 11.3 Å². The molecule has 1 aromatic carbocycles. The van der Waals surface area contributed by atoms with Gasteiger partial charge < -0.3 is 9.88 Å². The van der Waals surface area contributed by atoms with Crippen LogP contribution in [0.5, 0.6) is 0 Å². The summed E-state index contributed by atoms with van der Waals surface area (Å²) in [5, 5.41) is 3.05. The van der Waals surface area contributed by atoms with Crippen molar-refractivity contribution in [2.45, 2.75) is 38.9 Å². The number of imidazole rings is 1. The van der Waals surface area contributed by atoms with Gasteiger partial charge in [0, 0.05) is 31.5 Å². The quantitative estimate of drug-likeness (QED) is 0.753. The maximum Gasteiger partial charge on any atom is 0.238 e. The Labute approximate surface area is 142 Å². The molecule has 6 nitrogen and oxygen atoms in total. The number of amides is 1. The molecule has 1 aliphatic heterocycles. The summed E-state index contributed by atoms with van der Waals surface area (Å²) in [6.07, 6.45) is 4.53. The number of hydrazine groups is 1. The smallest absolute Gasteiger partial charge is 0.238 e. The highest BCUT2D eigenvalue weighted by Gasteiger charge is 2.29. The Morgan fingerprint density at radius 3 is 2.88 bits per heavy atom. The fourth-order valence-corrected chi connectivity index (χ4v) is 3.03. The molecule has 3 unspecified atom stereocenters. The largest absolute Gasteiger partial charge is 0.354 e. The topological polar surface area (TPSA) is 71.0 Å². The number of aromatic nitrogens is 2. The molecule has 6 heteroatoms. The Bertz CT molecular complexity index is 669. The molecule has 0 aliphatic carbocycles. The van der Waals surface area contributed by atoms with E-state index in [4.69, 9.17) is 0 Å². The summed E-state index contributed by atoms with van der Waals surface area (Å²) in [6.45, 7) is 5.63. The number of carbonyl (C=O) groups is 1. The number of benzene rings is 1. The Hall–Kier alpha value is -2.18. The van der Waals surface area contributed by atoms with Crippen LogP contribution in [0.1, 0.15) is 30.8 Å². The van der Waals surface area contributed by atoms with Crippen molar-refractivity contribution in [1.82, 2.24) is 25.7 Å². The van der Waals surface area contributed by atoms with Crippen LogP contribution in [0.25, 0.3) is 0 Å². The van der Waals surface area contributed by atoms with Gasteiger partial charge in [-0.15, -0.1) is 0 Å². The van der Waals surface area contributed by atoms with Crippen LogP contribution >= 0.6 is 0 Å². The molecule has 1 fully saturated rings. The minimum absolute atomic E-state index is 0.0511. The number of nitrogens with one attached hydrogen (secondary N) is 3. The van der Waals surface area contributed by atoms with Crippen molar-refractivity contribution in [1.29, 1.82) is 0 Å². The molecule has 24 heavy (non-hydrogen) atoms. The lowest BCUT2D eigenvalue weighted by molar-refractivity contribution is -0.123. The lowest BCUT2D eigenvalue weighted by atomic mass is 10.0. The highest BCUT2D eigenvalue weighted by molar-refractivity contribution is 5.82. The fourth-order valence-electron chi connectivity index (χ4n) is 3.03. The van der Waals surface area contributed by atoms with E-state index >= 15 is 0 Å². The summed E-state index contributed by atoms with van der Waals surface area (Å²) in [6, 6.07) is 10.2. The summed E-state index contributed by atoms with van der Waals surface area (Å²) in [4.78, 5) is 16.6. The molecule has 128 valence electrons. The van der Waals surface area contributed by atoms with Gasteiger partial charge in [0.15, 0.2) is 0 Å². The molecule has 2 aromatic rings. The highest BCUT2D eigenvalue weighted by Crippen LogP contribution is 2.21. The first-order valence-corrected chi connectivity index (χ1v) is 8.45. The van der Waals surface area contributed by atoms with Crippen molar-refractivity contribution in [3.8, 4) is 0 Å². The summed E-state index contributed by atoms with van der Waals surface area (Å²) >= 11 is 0. The van der Waals surface area contributed by atoms with Crippen LogP contribution in [0, 0.1) is 12.8 Å². The van der Waals surface area contributed by atoms with Gasteiger partial charge >= 0.3 is 0 Å². The molecule has 1 aliphatic rings. The molecule has 0 saturated carbocycles. The van der Waals surface area contributed by atoms with E-state index in [-0.39, 0.29) is 18.0 Å². The predicted octanol–water partition coefficient (Wildman–Crippen LogP) is 1.55. The van der Waals surface area contributed by atoms with Crippen LogP contribution in [0.3, 0.4) is 0 Å². The molecule has 1 saturated heterocycles. The molecule has 0 bridgehead atoms. The van der Waals surface area contributed by atoms with Gasteiger partial charge in [0.1, 0.15) is 11.9 Å². The maximum atomic E-state index is 12.4. The first-order valence-electron chi connectivity index (χ1n) is 8.45. The second-order valence-corrected chi connectivity index (χ2v) is 6.52. The zero-order valence-corrected chi connectivity index (χ0v) is 14.2. The predicted molar refractivity (Wildman–Crippen MR) is 93.0 cm³/mol. The van der Waals surface area contributed by atoms with E-state index in [9.17, 15) is 4.79 Å². The fraction of sp³-hybridized carbons (Fsp3) is 0.444. The number of rotatable bonds is 6. The van der Waals surface area contributed by atoms with Crippen molar-refractivity contribution in [2.75, 3.05) is 6.54 Å². The zero-order valence-electron chi connectivity index (χ0n) is 14.2. The van der Waals surface area contributed by atoms with Crippen LogP contribution in [0.2, 0.25) is 0 Å². The van der Waals surface area contributed by atoms with Gasteiger partial charge in [-0.2, -0.15) is 0 Å². The third-order valence-electron chi connectivity index (χ3n) is 4.48. The van der Waals surface area contributed by atoms with Gasteiger partial charge in [0.2, 0.25) is 5.91 Å². The Kier molecular flexibility index (Phi) is 5.27. The van der Waals surface area contributed by atoms with E-state index in [1.54, 1.807) is 6.20 Å². The van der Waals surface area contributed by atoms with Crippen LogP contribution < -0.4 is 16.2 Å². The average Bonchev–Trinajstić information content (AvgIpc) is 3.23. The number of aryl methyl sites for hydroxylation is 1. The first-order chi connectivity index (χ1) is 11.6. The van der Waals surface area contributed by atoms with E-state index in [0.717, 1.165) is 18.8 Å². The second-order valence-electron chi connectivity index (χ2n) is 6.52. The molecule has 2 heterocycles. The highest BCUT2D eigenvalue weighted by atomic mass is 16.2. The van der Waals surface area contributed by atoms with Crippen molar-refractivity contribution in [3.63, 3.8) is 0 Å². The number of hydrogen-bond acceptors (Lipinski definition) is 4. The van der Waals surface area contributed by atoms with E-state index in [2.05, 4.69) is 44.8 Å². The summed E-state index contributed by atoms with van der Waals surface area (Å²) in [7, 11) is 0. The maximum absolute atomic E-state index is 12.4. The van der Waals surface area contributed by atoms with Gasteiger partial charge in [-0.05, 0) is 24.8 Å². The summed E-state index contributed by atoms with van der Waals surface area (Å²) in [5.41, 5.74) is 7.52. The van der Waals surface area contributed by atoms with Crippen molar-refractivity contribution in [3.05, 3.63) is 54.1 Å². The molecule has 3 N–H and O–H groups in total. The van der Waals surface area contributed by atoms with Gasteiger partial charge in [0.05, 0.1) is 0 Å². The number of carbonyl (C=O) groups excluding carboxylic acids is 1. The minimum Gasteiger partial charge on any atom is -0.354 e. The van der Waals surface area contributed by atoms with Crippen LogP contribution in [-0.4, -0.2) is 28.0 Å². The average molecular weight is 327 g/mol. The zero-order chi connectivity index (χ0) is 16.9. The SMILES string of the molecule is Cc1nccn1CC(C)CNC(=O)C1CC(c2ccccc2)NN1. The molecule has 1 aromatic heterocycles. The Morgan fingerprint density at radius 1 is 1.38 bits per heavy atom. The lowest BCUT2D eigenvalue weighted by Gasteiger charge is -2.16. The molecule has 3 rings (SSSR count). The van der Waals surface area contributed by atoms with Crippen LogP contribution in [0.4, 0.5) is 0 Å². The molecular weight excluding hydrogens is 302 g/mol.